The van der Waals surface area contributed by atoms with Crippen LogP contribution in [0.4, 0.5) is 0 Å². The van der Waals surface area contributed by atoms with Crippen molar-refractivity contribution in [2.45, 2.75) is 62.5 Å². The molecule has 7 nitrogen and oxygen atoms in total. The summed E-state index contributed by atoms with van der Waals surface area (Å²) in [6.07, 6.45) is -1.40. The average Bonchev–Trinajstić information content (AvgIpc) is 2.65. The van der Waals surface area contributed by atoms with Crippen molar-refractivity contribution in [1.82, 2.24) is 0 Å². The van der Waals surface area contributed by atoms with Gasteiger partial charge in [-0.05, 0) is 25.0 Å². The Kier molecular flexibility index (Phi) is 5.11. The van der Waals surface area contributed by atoms with Gasteiger partial charge in [0.15, 0.2) is 12.1 Å². The SMILES string of the molecule is CO[C@H]1O[C@@H]2COC(C)(C)O[C@H]2[C@H](O[C@@H]2C=Cc3ccccc3[C@H]2O)[C@@H]1O. The summed E-state index contributed by atoms with van der Waals surface area (Å²) in [5, 5.41) is 21.5. The summed E-state index contributed by atoms with van der Waals surface area (Å²) in [6, 6.07) is 7.61. The van der Waals surface area contributed by atoms with Gasteiger partial charge in [0.25, 0.3) is 0 Å². The van der Waals surface area contributed by atoms with E-state index in [1.165, 1.54) is 7.11 Å². The van der Waals surface area contributed by atoms with Crippen molar-refractivity contribution in [3.8, 4) is 0 Å². The van der Waals surface area contributed by atoms with E-state index in [1.54, 1.807) is 19.9 Å². The zero-order valence-electron chi connectivity index (χ0n) is 15.6. The monoisotopic (exact) mass is 378 g/mol. The number of aliphatic hydroxyl groups is 2. The van der Waals surface area contributed by atoms with E-state index in [2.05, 4.69) is 0 Å². The Balaban J connectivity index is 1.58. The van der Waals surface area contributed by atoms with Crippen molar-refractivity contribution in [3.05, 3.63) is 41.5 Å². The Hall–Kier alpha value is -1.32. The highest BCUT2D eigenvalue weighted by Crippen LogP contribution is 2.37. The molecule has 0 bridgehead atoms. The molecule has 2 heterocycles. The maximum absolute atomic E-state index is 10.8. The van der Waals surface area contributed by atoms with Crippen LogP contribution >= 0.6 is 0 Å². The van der Waals surface area contributed by atoms with Gasteiger partial charge in [-0.15, -0.1) is 0 Å². The molecule has 2 N–H and O–H groups in total. The van der Waals surface area contributed by atoms with E-state index in [9.17, 15) is 10.2 Å². The molecule has 2 aliphatic heterocycles. The van der Waals surface area contributed by atoms with Crippen molar-refractivity contribution in [2.75, 3.05) is 13.7 Å². The lowest BCUT2D eigenvalue weighted by atomic mass is 9.92. The summed E-state index contributed by atoms with van der Waals surface area (Å²) in [6.45, 7) is 3.91. The first-order valence-electron chi connectivity index (χ1n) is 9.18. The third-order valence-electron chi connectivity index (χ3n) is 5.27. The molecular formula is C20H26O7. The lowest BCUT2D eigenvalue weighted by Crippen LogP contribution is -2.65. The molecule has 0 amide bonds. The highest BCUT2D eigenvalue weighted by Gasteiger charge is 2.52. The molecule has 1 aromatic carbocycles. The number of benzene rings is 1. The lowest BCUT2D eigenvalue weighted by Gasteiger charge is -2.50. The van der Waals surface area contributed by atoms with E-state index in [0.29, 0.717) is 6.61 Å². The molecule has 7 atom stereocenters. The molecule has 1 aromatic rings. The highest BCUT2D eigenvalue weighted by atomic mass is 16.8. The van der Waals surface area contributed by atoms with E-state index < -0.39 is 48.7 Å². The molecule has 0 spiro atoms. The number of ether oxygens (including phenoxy) is 5. The summed E-state index contributed by atoms with van der Waals surface area (Å²) in [5.74, 6) is -0.820. The predicted octanol–water partition coefficient (Wildman–Crippen LogP) is 1.38. The minimum atomic E-state index is -1.07. The van der Waals surface area contributed by atoms with E-state index in [4.69, 9.17) is 23.7 Å². The third-order valence-corrected chi connectivity index (χ3v) is 5.27. The average molecular weight is 378 g/mol. The van der Waals surface area contributed by atoms with Crippen LogP contribution in [0.15, 0.2) is 30.3 Å². The quantitative estimate of drug-likeness (QED) is 0.822. The van der Waals surface area contributed by atoms with Crippen LogP contribution in [0.3, 0.4) is 0 Å². The number of hydrogen-bond acceptors (Lipinski definition) is 7. The second-order valence-electron chi connectivity index (χ2n) is 7.56. The van der Waals surface area contributed by atoms with Gasteiger partial charge in [0.05, 0.1) is 6.61 Å². The van der Waals surface area contributed by atoms with Gasteiger partial charge in [-0.2, -0.15) is 0 Å². The van der Waals surface area contributed by atoms with Crippen LogP contribution in [0, 0.1) is 0 Å². The molecule has 0 radical (unpaired) electrons. The van der Waals surface area contributed by atoms with Crippen molar-refractivity contribution in [1.29, 1.82) is 0 Å². The summed E-state index contributed by atoms with van der Waals surface area (Å²) in [4.78, 5) is 0. The molecule has 7 heteroatoms. The van der Waals surface area contributed by atoms with Gasteiger partial charge in [-0.3, -0.25) is 0 Å². The Labute approximate surface area is 158 Å². The van der Waals surface area contributed by atoms with Crippen molar-refractivity contribution in [2.24, 2.45) is 0 Å². The molecule has 2 saturated heterocycles. The van der Waals surface area contributed by atoms with Crippen LogP contribution in [-0.4, -0.2) is 66.5 Å². The summed E-state index contributed by atoms with van der Waals surface area (Å²) in [5.41, 5.74) is 1.74. The van der Waals surface area contributed by atoms with Gasteiger partial charge in [-0.25, -0.2) is 0 Å². The largest absolute Gasteiger partial charge is 0.385 e. The van der Waals surface area contributed by atoms with E-state index in [-0.39, 0.29) is 0 Å². The molecule has 3 aliphatic rings. The number of fused-ring (bicyclic) bond motifs is 2. The maximum atomic E-state index is 10.8. The summed E-state index contributed by atoms with van der Waals surface area (Å²) >= 11 is 0. The van der Waals surface area contributed by atoms with Crippen LogP contribution in [-0.2, 0) is 23.7 Å². The van der Waals surface area contributed by atoms with Crippen molar-refractivity contribution in [3.63, 3.8) is 0 Å². The molecule has 148 valence electrons. The van der Waals surface area contributed by atoms with Crippen LogP contribution < -0.4 is 0 Å². The van der Waals surface area contributed by atoms with E-state index in [0.717, 1.165) is 11.1 Å². The third kappa shape index (κ3) is 3.56. The predicted molar refractivity (Wildman–Crippen MR) is 95.7 cm³/mol. The van der Waals surface area contributed by atoms with Crippen molar-refractivity contribution < 1.29 is 33.9 Å². The van der Waals surface area contributed by atoms with Crippen LogP contribution in [0.2, 0.25) is 0 Å². The lowest BCUT2D eigenvalue weighted by molar-refractivity contribution is -0.386. The molecule has 0 unspecified atom stereocenters. The topological polar surface area (TPSA) is 86.6 Å². The first-order valence-corrected chi connectivity index (χ1v) is 9.18. The molecule has 1 aliphatic carbocycles. The Morgan fingerprint density at radius 3 is 2.74 bits per heavy atom. The molecule has 0 aromatic heterocycles. The fraction of sp³-hybridized carbons (Fsp3) is 0.600. The minimum Gasteiger partial charge on any atom is -0.385 e. The minimum absolute atomic E-state index is 0.302. The van der Waals surface area contributed by atoms with Crippen LogP contribution in [0.1, 0.15) is 31.1 Å². The molecule has 2 fully saturated rings. The molecule has 4 rings (SSSR count). The first kappa shape index (κ1) is 19.0. The van der Waals surface area contributed by atoms with Gasteiger partial charge in [-0.1, -0.05) is 36.4 Å². The standard InChI is InChI=1S/C20H26O7/c1-20(2)24-10-14-17(27-20)18(16(22)19(23-3)26-14)25-13-9-8-11-6-4-5-7-12(11)15(13)21/h4-9,13-19,21-22H,10H2,1-3H3/t13-,14-,15-,16+,17-,18-,19+/m1/s1. The summed E-state index contributed by atoms with van der Waals surface area (Å²) in [7, 11) is 1.46. The van der Waals surface area contributed by atoms with Gasteiger partial charge < -0.3 is 33.9 Å². The Morgan fingerprint density at radius 1 is 1.19 bits per heavy atom. The fourth-order valence-electron chi connectivity index (χ4n) is 3.88. The number of hydrogen-bond donors (Lipinski definition) is 2. The number of rotatable bonds is 3. The Morgan fingerprint density at radius 2 is 1.96 bits per heavy atom. The maximum Gasteiger partial charge on any atom is 0.186 e. The molecule has 27 heavy (non-hydrogen) atoms. The summed E-state index contributed by atoms with van der Waals surface area (Å²) < 4.78 is 28.9. The smallest absolute Gasteiger partial charge is 0.186 e. The Bertz CT molecular complexity index is 703. The van der Waals surface area contributed by atoms with Crippen molar-refractivity contribution >= 4 is 6.08 Å². The zero-order valence-corrected chi connectivity index (χ0v) is 15.6. The molecular weight excluding hydrogens is 352 g/mol. The van der Waals surface area contributed by atoms with E-state index >= 15 is 0 Å². The van der Waals surface area contributed by atoms with Crippen LogP contribution in [0.25, 0.3) is 6.08 Å². The zero-order chi connectivity index (χ0) is 19.2. The van der Waals surface area contributed by atoms with Crippen LogP contribution in [0.5, 0.6) is 0 Å². The second kappa shape index (κ2) is 7.25. The van der Waals surface area contributed by atoms with Gasteiger partial charge in [0, 0.05) is 7.11 Å². The van der Waals surface area contributed by atoms with Gasteiger partial charge in [0.1, 0.15) is 36.6 Å². The second-order valence-corrected chi connectivity index (χ2v) is 7.56. The van der Waals surface area contributed by atoms with Gasteiger partial charge >= 0.3 is 0 Å². The number of methoxy groups -OCH3 is 1. The number of aliphatic hydroxyl groups excluding tert-OH is 2. The van der Waals surface area contributed by atoms with Gasteiger partial charge in [0.2, 0.25) is 0 Å². The normalized spacial score (nSPS) is 40.3. The first-order chi connectivity index (χ1) is 12.9. The highest BCUT2D eigenvalue weighted by molar-refractivity contribution is 5.58. The van der Waals surface area contributed by atoms with E-state index in [1.807, 2.05) is 30.3 Å². The molecule has 0 saturated carbocycles. The fourth-order valence-corrected chi connectivity index (χ4v) is 3.88.